The van der Waals surface area contributed by atoms with Gasteiger partial charge >= 0.3 is 6.36 Å². The second kappa shape index (κ2) is 8.54. The lowest BCUT2D eigenvalue weighted by Crippen LogP contribution is -2.59. The van der Waals surface area contributed by atoms with Crippen LogP contribution in [0.2, 0.25) is 0 Å². The van der Waals surface area contributed by atoms with E-state index in [9.17, 15) is 26.9 Å². The number of ether oxygens (including phenoxy) is 1. The highest BCUT2D eigenvalue weighted by atomic mass is 32.2. The Morgan fingerprint density at radius 2 is 1.64 bits per heavy atom. The lowest BCUT2D eigenvalue weighted by Gasteiger charge is -2.45. The van der Waals surface area contributed by atoms with E-state index in [4.69, 9.17) is 0 Å². The maximum absolute atomic E-state index is 13.8. The fourth-order valence-corrected chi connectivity index (χ4v) is 7.57. The van der Waals surface area contributed by atoms with E-state index in [2.05, 4.69) is 10.8 Å². The van der Waals surface area contributed by atoms with Crippen LogP contribution in [0.15, 0.2) is 48.5 Å². The van der Waals surface area contributed by atoms with Gasteiger partial charge in [-0.3, -0.25) is 0 Å². The van der Waals surface area contributed by atoms with Crippen LogP contribution in [-0.2, 0) is 16.4 Å². The molecule has 2 aromatic carbocycles. The molecule has 33 heavy (non-hydrogen) atoms. The molecule has 4 rings (SSSR count). The number of sulfonamides is 1. The van der Waals surface area contributed by atoms with Crippen LogP contribution in [0.25, 0.3) is 0 Å². The van der Waals surface area contributed by atoms with Gasteiger partial charge in [0.15, 0.2) is 0 Å². The van der Waals surface area contributed by atoms with Gasteiger partial charge in [0.1, 0.15) is 11.0 Å². The van der Waals surface area contributed by atoms with E-state index in [1.54, 1.807) is 12.1 Å². The average molecular weight is 480 g/mol. The van der Waals surface area contributed by atoms with E-state index < -0.39 is 39.6 Å². The second-order valence-electron chi connectivity index (χ2n) is 8.58. The van der Waals surface area contributed by atoms with E-state index >= 15 is 0 Å². The van der Waals surface area contributed by atoms with E-state index in [0.29, 0.717) is 30.8 Å². The van der Waals surface area contributed by atoms with Gasteiger partial charge in [0.2, 0.25) is 10.0 Å². The Hall–Kier alpha value is -2.77. The Labute approximate surface area is 191 Å². The molecule has 0 spiro atoms. The standard InChI is InChI=1S/C23H24F3N3O3S/c1-15-13-28(19-7-9-20(10-8-19)32-23(24,25)26)14-16(2)29(15)33(30,31)22-18(12-27)11-17-5-3-4-6-21(17)22/h3-10,15-16,18,22H,11,13-14H2,1-2H3/t15-,16+,18?,22?. The van der Waals surface area contributed by atoms with E-state index in [1.807, 2.05) is 30.9 Å². The SMILES string of the molecule is C[C@@H]1CN(c2ccc(OC(F)(F)F)cc2)C[C@H](C)N1S(=O)(=O)C1c2ccccc2CC1C#N. The van der Waals surface area contributed by atoms with Gasteiger partial charge in [-0.25, -0.2) is 8.42 Å². The summed E-state index contributed by atoms with van der Waals surface area (Å²) in [6.45, 7) is 4.36. The summed E-state index contributed by atoms with van der Waals surface area (Å²) in [5, 5.41) is 8.76. The van der Waals surface area contributed by atoms with Crippen molar-refractivity contribution in [2.45, 2.75) is 44.0 Å². The number of benzene rings is 2. The van der Waals surface area contributed by atoms with Crippen molar-refractivity contribution in [3.05, 3.63) is 59.7 Å². The van der Waals surface area contributed by atoms with Gasteiger partial charge in [-0.1, -0.05) is 24.3 Å². The molecule has 1 heterocycles. The number of rotatable bonds is 4. The van der Waals surface area contributed by atoms with Gasteiger partial charge in [0.05, 0.1) is 12.0 Å². The van der Waals surface area contributed by atoms with E-state index in [1.165, 1.54) is 28.6 Å². The normalized spacial score (nSPS) is 26.0. The van der Waals surface area contributed by atoms with Crippen molar-refractivity contribution in [3.63, 3.8) is 0 Å². The van der Waals surface area contributed by atoms with Gasteiger partial charge in [-0.05, 0) is 55.7 Å². The largest absolute Gasteiger partial charge is 0.573 e. The van der Waals surface area contributed by atoms with Crippen molar-refractivity contribution >= 4 is 15.7 Å². The molecule has 1 saturated heterocycles. The molecule has 1 aliphatic carbocycles. The lowest BCUT2D eigenvalue weighted by atomic mass is 10.1. The maximum atomic E-state index is 13.8. The number of hydrogen-bond acceptors (Lipinski definition) is 5. The van der Waals surface area contributed by atoms with Gasteiger partial charge in [0.25, 0.3) is 0 Å². The summed E-state index contributed by atoms with van der Waals surface area (Å²) in [6, 6.07) is 14.2. The van der Waals surface area contributed by atoms with Crippen LogP contribution in [0.1, 0.15) is 30.2 Å². The lowest BCUT2D eigenvalue weighted by molar-refractivity contribution is -0.274. The minimum Gasteiger partial charge on any atom is -0.406 e. The van der Waals surface area contributed by atoms with Crippen LogP contribution < -0.4 is 9.64 Å². The van der Waals surface area contributed by atoms with E-state index in [-0.39, 0.29) is 5.75 Å². The molecule has 0 N–H and O–H groups in total. The zero-order valence-corrected chi connectivity index (χ0v) is 19.0. The zero-order chi connectivity index (χ0) is 24.0. The van der Waals surface area contributed by atoms with Crippen molar-refractivity contribution in [2.75, 3.05) is 18.0 Å². The number of piperazine rings is 1. The summed E-state index contributed by atoms with van der Waals surface area (Å²) >= 11 is 0. The molecule has 0 aromatic heterocycles. The van der Waals surface area contributed by atoms with Gasteiger partial charge in [-0.2, -0.15) is 9.57 Å². The molecule has 0 radical (unpaired) electrons. The Balaban J connectivity index is 1.56. The first-order valence-electron chi connectivity index (χ1n) is 10.6. The molecular formula is C23H24F3N3O3S. The molecule has 1 aliphatic heterocycles. The number of fused-ring (bicyclic) bond motifs is 1. The predicted molar refractivity (Wildman–Crippen MR) is 117 cm³/mol. The summed E-state index contributed by atoms with van der Waals surface area (Å²) < 4.78 is 70.3. The summed E-state index contributed by atoms with van der Waals surface area (Å²) in [4.78, 5) is 1.95. The van der Waals surface area contributed by atoms with Gasteiger partial charge in [-0.15, -0.1) is 13.2 Å². The van der Waals surface area contributed by atoms with Crippen molar-refractivity contribution in [1.29, 1.82) is 5.26 Å². The number of nitriles is 1. The quantitative estimate of drug-likeness (QED) is 0.656. The second-order valence-corrected chi connectivity index (χ2v) is 10.5. The minimum atomic E-state index is -4.76. The highest BCUT2D eigenvalue weighted by molar-refractivity contribution is 7.89. The number of nitrogens with zero attached hydrogens (tertiary/aromatic N) is 3. The molecule has 2 aliphatic rings. The Morgan fingerprint density at radius 3 is 2.21 bits per heavy atom. The van der Waals surface area contributed by atoms with Gasteiger partial charge in [0, 0.05) is 30.9 Å². The van der Waals surface area contributed by atoms with Crippen LogP contribution in [0.5, 0.6) is 5.75 Å². The molecular weight excluding hydrogens is 455 g/mol. The molecule has 1 fully saturated rings. The van der Waals surface area contributed by atoms with Crippen molar-refractivity contribution in [2.24, 2.45) is 5.92 Å². The van der Waals surface area contributed by atoms with Crippen LogP contribution in [0.4, 0.5) is 18.9 Å². The zero-order valence-electron chi connectivity index (χ0n) is 18.2. The highest BCUT2D eigenvalue weighted by Crippen LogP contribution is 2.44. The maximum Gasteiger partial charge on any atom is 0.573 e. The Kier molecular flexibility index (Phi) is 6.05. The average Bonchev–Trinajstić information content (AvgIpc) is 3.12. The minimum absolute atomic E-state index is 0.309. The van der Waals surface area contributed by atoms with Crippen molar-refractivity contribution < 1.29 is 26.3 Å². The van der Waals surface area contributed by atoms with Gasteiger partial charge < -0.3 is 9.64 Å². The number of hydrogen-bond donors (Lipinski definition) is 0. The molecule has 0 amide bonds. The summed E-state index contributed by atoms with van der Waals surface area (Å²) in [6.07, 6.45) is -4.35. The smallest absolute Gasteiger partial charge is 0.406 e. The molecule has 2 aromatic rings. The van der Waals surface area contributed by atoms with Crippen molar-refractivity contribution in [3.8, 4) is 11.8 Å². The number of alkyl halides is 3. The predicted octanol–water partition coefficient (Wildman–Crippen LogP) is 4.25. The topological polar surface area (TPSA) is 73.6 Å². The van der Waals surface area contributed by atoms with Crippen LogP contribution in [-0.4, -0.2) is 44.3 Å². The number of halogens is 3. The third kappa shape index (κ3) is 4.52. The summed E-state index contributed by atoms with van der Waals surface area (Å²) in [5.74, 6) is -0.956. The summed E-state index contributed by atoms with van der Waals surface area (Å²) in [5.41, 5.74) is 2.25. The molecule has 176 valence electrons. The molecule has 0 saturated carbocycles. The first-order valence-corrected chi connectivity index (χ1v) is 12.1. The van der Waals surface area contributed by atoms with Crippen LogP contribution >= 0.6 is 0 Å². The molecule has 6 nitrogen and oxygen atoms in total. The monoisotopic (exact) mass is 479 g/mol. The van der Waals surface area contributed by atoms with Crippen molar-refractivity contribution in [1.82, 2.24) is 4.31 Å². The van der Waals surface area contributed by atoms with Crippen LogP contribution in [0.3, 0.4) is 0 Å². The number of anilines is 1. The third-order valence-corrected chi connectivity index (χ3v) is 8.75. The van der Waals surface area contributed by atoms with E-state index in [0.717, 1.165) is 5.56 Å². The molecule has 2 unspecified atom stereocenters. The molecule has 10 heteroatoms. The van der Waals surface area contributed by atoms with Crippen LogP contribution in [0, 0.1) is 17.2 Å². The summed E-state index contributed by atoms with van der Waals surface area (Å²) in [7, 11) is -3.83. The fraction of sp³-hybridized carbons (Fsp3) is 0.435. The highest BCUT2D eigenvalue weighted by Gasteiger charge is 2.48. The molecule has 0 bridgehead atoms. The molecule has 4 atom stereocenters. The fourth-order valence-electron chi connectivity index (χ4n) is 5.05. The third-order valence-electron chi connectivity index (χ3n) is 6.22. The first-order chi connectivity index (χ1) is 15.5. The Bertz CT molecular complexity index is 1150. The first kappa shape index (κ1) is 23.4. The Morgan fingerprint density at radius 1 is 1.03 bits per heavy atom.